The van der Waals surface area contributed by atoms with Gasteiger partial charge in [0.1, 0.15) is 5.52 Å². The molecule has 0 spiro atoms. The molecule has 1 atom stereocenters. The summed E-state index contributed by atoms with van der Waals surface area (Å²) in [6, 6.07) is 2.06. The van der Waals surface area contributed by atoms with E-state index < -0.39 is 0 Å². The van der Waals surface area contributed by atoms with Crippen LogP contribution >= 0.6 is 0 Å². The first-order valence-corrected chi connectivity index (χ1v) is 6.58. The number of hydrogen-bond acceptors (Lipinski definition) is 4. The van der Waals surface area contributed by atoms with Crippen LogP contribution in [0, 0.1) is 12.8 Å². The molecule has 2 aromatic rings. The summed E-state index contributed by atoms with van der Waals surface area (Å²) in [4.78, 5) is 4.40. The molecule has 0 saturated carbocycles. The van der Waals surface area contributed by atoms with Crippen molar-refractivity contribution < 1.29 is 0 Å². The second kappa shape index (κ2) is 4.94. The zero-order valence-corrected chi connectivity index (χ0v) is 10.7. The quantitative estimate of drug-likeness (QED) is 0.856. The molecule has 0 radical (unpaired) electrons. The largest absolute Gasteiger partial charge is 0.368 e. The van der Waals surface area contributed by atoms with Crippen LogP contribution in [0.4, 0.5) is 5.82 Å². The van der Waals surface area contributed by atoms with Crippen LogP contribution in [0.2, 0.25) is 0 Å². The van der Waals surface area contributed by atoms with Gasteiger partial charge in [0.15, 0.2) is 5.82 Å². The fraction of sp³-hybridized carbons (Fsp3) is 0.538. The Morgan fingerprint density at radius 2 is 2.50 bits per heavy atom. The molecule has 1 aliphatic heterocycles. The molecule has 0 aromatic carbocycles. The summed E-state index contributed by atoms with van der Waals surface area (Å²) in [6.45, 7) is 5.30. The Bertz CT molecular complexity index is 527. The Morgan fingerprint density at radius 3 is 3.33 bits per heavy atom. The molecule has 0 aliphatic carbocycles. The minimum Gasteiger partial charge on any atom is -0.368 e. The summed E-state index contributed by atoms with van der Waals surface area (Å²) in [5.74, 6) is 1.74. The molecule has 96 valence electrons. The minimum atomic E-state index is 0.809. The number of aryl methyl sites for hydroxylation is 1. The van der Waals surface area contributed by atoms with E-state index in [0.717, 1.165) is 36.0 Å². The molecule has 0 amide bonds. The molecule has 18 heavy (non-hydrogen) atoms. The number of fused-ring (bicyclic) bond motifs is 1. The highest BCUT2D eigenvalue weighted by Gasteiger charge is 2.14. The van der Waals surface area contributed by atoms with Gasteiger partial charge in [0.05, 0.1) is 5.69 Å². The first-order chi connectivity index (χ1) is 8.83. The molecule has 5 heteroatoms. The highest BCUT2D eigenvalue weighted by atomic mass is 15.2. The van der Waals surface area contributed by atoms with Crippen LogP contribution < -0.4 is 10.6 Å². The molecule has 1 aliphatic rings. The molecule has 2 N–H and O–H groups in total. The van der Waals surface area contributed by atoms with E-state index in [1.54, 1.807) is 6.20 Å². The summed E-state index contributed by atoms with van der Waals surface area (Å²) in [5.41, 5.74) is 2.07. The van der Waals surface area contributed by atoms with Crippen LogP contribution in [0.5, 0.6) is 0 Å². The van der Waals surface area contributed by atoms with Crippen LogP contribution in [0.25, 0.3) is 5.52 Å². The van der Waals surface area contributed by atoms with Crippen molar-refractivity contribution in [3.05, 3.63) is 24.2 Å². The van der Waals surface area contributed by atoms with Crippen molar-refractivity contribution in [2.45, 2.75) is 19.8 Å². The molecule has 3 heterocycles. The van der Waals surface area contributed by atoms with Gasteiger partial charge >= 0.3 is 0 Å². The number of hydrogen-bond donors (Lipinski definition) is 2. The predicted molar refractivity (Wildman–Crippen MR) is 71.8 cm³/mol. The van der Waals surface area contributed by atoms with Crippen molar-refractivity contribution in [3.63, 3.8) is 0 Å². The predicted octanol–water partition coefficient (Wildman–Crippen LogP) is 1.45. The van der Waals surface area contributed by atoms with E-state index in [-0.39, 0.29) is 0 Å². The van der Waals surface area contributed by atoms with Crippen LogP contribution in [-0.2, 0) is 0 Å². The summed E-state index contributed by atoms with van der Waals surface area (Å²) in [7, 11) is 0. The van der Waals surface area contributed by atoms with Gasteiger partial charge in [-0.1, -0.05) is 0 Å². The second-order valence-corrected chi connectivity index (χ2v) is 4.97. The molecule has 0 bridgehead atoms. The number of anilines is 1. The molecular formula is C13H19N5. The van der Waals surface area contributed by atoms with Crippen molar-refractivity contribution in [1.82, 2.24) is 19.9 Å². The van der Waals surface area contributed by atoms with Gasteiger partial charge in [-0.3, -0.25) is 0 Å². The Kier molecular flexibility index (Phi) is 3.15. The van der Waals surface area contributed by atoms with Gasteiger partial charge in [0.25, 0.3) is 0 Å². The Balaban J connectivity index is 1.66. The van der Waals surface area contributed by atoms with E-state index in [0.29, 0.717) is 0 Å². The number of nitrogens with zero attached hydrogens (tertiary/aromatic N) is 3. The SMILES string of the molecule is Cc1cc2c(NCCC3CCNC3)nccn2n1. The summed E-state index contributed by atoms with van der Waals surface area (Å²) >= 11 is 0. The van der Waals surface area contributed by atoms with E-state index in [1.165, 1.54) is 19.4 Å². The van der Waals surface area contributed by atoms with Crippen LogP contribution in [-0.4, -0.2) is 34.2 Å². The number of aromatic nitrogens is 3. The standard InChI is InChI=1S/C13H19N5/c1-10-8-12-13(16-6-7-18(12)17-10)15-5-3-11-2-4-14-9-11/h6-8,11,14H,2-5,9H2,1H3,(H,15,16). The number of rotatable bonds is 4. The lowest BCUT2D eigenvalue weighted by molar-refractivity contribution is 0.549. The van der Waals surface area contributed by atoms with Crippen LogP contribution in [0.15, 0.2) is 18.5 Å². The molecule has 2 aromatic heterocycles. The molecule has 1 unspecified atom stereocenters. The van der Waals surface area contributed by atoms with E-state index in [4.69, 9.17) is 0 Å². The van der Waals surface area contributed by atoms with E-state index in [1.807, 2.05) is 17.6 Å². The van der Waals surface area contributed by atoms with E-state index in [9.17, 15) is 0 Å². The Hall–Kier alpha value is -1.62. The molecular weight excluding hydrogens is 226 g/mol. The maximum Gasteiger partial charge on any atom is 0.152 e. The minimum absolute atomic E-state index is 0.809. The zero-order valence-electron chi connectivity index (χ0n) is 10.7. The third kappa shape index (κ3) is 2.31. The third-order valence-electron chi connectivity index (χ3n) is 3.52. The maximum atomic E-state index is 4.40. The second-order valence-electron chi connectivity index (χ2n) is 4.97. The van der Waals surface area contributed by atoms with E-state index >= 15 is 0 Å². The zero-order chi connectivity index (χ0) is 12.4. The lowest BCUT2D eigenvalue weighted by Crippen LogP contribution is -2.13. The van der Waals surface area contributed by atoms with Gasteiger partial charge in [-0.25, -0.2) is 9.50 Å². The van der Waals surface area contributed by atoms with Crippen molar-refractivity contribution >= 4 is 11.3 Å². The molecule has 5 nitrogen and oxygen atoms in total. The molecule has 3 rings (SSSR count). The summed E-state index contributed by atoms with van der Waals surface area (Å²) in [5, 5.41) is 11.2. The smallest absolute Gasteiger partial charge is 0.152 e. The normalized spacial score (nSPS) is 19.5. The fourth-order valence-corrected chi connectivity index (χ4v) is 2.54. The van der Waals surface area contributed by atoms with Gasteiger partial charge in [-0.15, -0.1) is 0 Å². The van der Waals surface area contributed by atoms with Crippen molar-refractivity contribution in [2.24, 2.45) is 5.92 Å². The topological polar surface area (TPSA) is 54.2 Å². The fourth-order valence-electron chi connectivity index (χ4n) is 2.54. The Morgan fingerprint density at radius 1 is 1.56 bits per heavy atom. The average molecular weight is 245 g/mol. The van der Waals surface area contributed by atoms with Gasteiger partial charge in [0.2, 0.25) is 0 Å². The summed E-state index contributed by atoms with van der Waals surface area (Å²) in [6.07, 6.45) is 6.17. The van der Waals surface area contributed by atoms with Gasteiger partial charge in [-0.2, -0.15) is 5.10 Å². The van der Waals surface area contributed by atoms with Crippen molar-refractivity contribution in [2.75, 3.05) is 25.0 Å². The Labute approximate surface area is 107 Å². The van der Waals surface area contributed by atoms with Gasteiger partial charge in [-0.05, 0) is 44.8 Å². The first-order valence-electron chi connectivity index (χ1n) is 6.58. The lowest BCUT2D eigenvalue weighted by atomic mass is 10.1. The monoisotopic (exact) mass is 245 g/mol. The maximum absolute atomic E-state index is 4.40. The highest BCUT2D eigenvalue weighted by molar-refractivity contribution is 5.67. The lowest BCUT2D eigenvalue weighted by Gasteiger charge is -2.10. The van der Waals surface area contributed by atoms with E-state index in [2.05, 4.69) is 26.8 Å². The van der Waals surface area contributed by atoms with Crippen molar-refractivity contribution in [3.8, 4) is 0 Å². The van der Waals surface area contributed by atoms with Crippen LogP contribution in [0.1, 0.15) is 18.5 Å². The third-order valence-corrected chi connectivity index (χ3v) is 3.52. The molecule has 1 saturated heterocycles. The molecule has 1 fully saturated rings. The summed E-state index contributed by atoms with van der Waals surface area (Å²) < 4.78 is 1.88. The van der Waals surface area contributed by atoms with Crippen LogP contribution in [0.3, 0.4) is 0 Å². The van der Waals surface area contributed by atoms with Crippen molar-refractivity contribution in [1.29, 1.82) is 0 Å². The van der Waals surface area contributed by atoms with Gasteiger partial charge < -0.3 is 10.6 Å². The highest BCUT2D eigenvalue weighted by Crippen LogP contribution is 2.16. The average Bonchev–Trinajstić information content (AvgIpc) is 2.97. The van der Waals surface area contributed by atoms with Gasteiger partial charge in [0, 0.05) is 18.9 Å². The number of nitrogens with one attached hydrogen (secondary N) is 2. The first kappa shape index (κ1) is 11.5.